The molecule has 0 spiro atoms. The Hall–Kier alpha value is -2.66. The average molecular weight is 434 g/mol. The Morgan fingerprint density at radius 2 is 1.72 bits per heavy atom. The number of likely N-dealkylation sites (N-methyl/N-ethyl adjacent to an activating group) is 1. The molecule has 170 valence electrons. The summed E-state index contributed by atoms with van der Waals surface area (Å²) in [6.45, 7) is 4.97. The smallest absolute Gasteiger partial charge is 0.251 e. The van der Waals surface area contributed by atoms with Crippen molar-refractivity contribution in [2.24, 2.45) is 11.8 Å². The molecule has 0 saturated heterocycles. The summed E-state index contributed by atoms with van der Waals surface area (Å²) in [5.41, 5.74) is 3.02. The molecule has 2 amide bonds. The van der Waals surface area contributed by atoms with E-state index in [1.807, 2.05) is 56.6 Å². The lowest BCUT2D eigenvalue weighted by Crippen LogP contribution is -2.42. The van der Waals surface area contributed by atoms with Gasteiger partial charge in [0.25, 0.3) is 5.91 Å². The molecule has 2 fully saturated rings. The van der Waals surface area contributed by atoms with Gasteiger partial charge in [-0.3, -0.25) is 9.59 Å². The third-order valence-corrected chi connectivity index (χ3v) is 7.50. The van der Waals surface area contributed by atoms with E-state index in [0.29, 0.717) is 24.1 Å². The van der Waals surface area contributed by atoms with E-state index in [1.165, 1.54) is 5.56 Å². The highest BCUT2D eigenvalue weighted by Gasteiger charge is 2.62. The molecule has 2 saturated carbocycles. The molecule has 0 bridgehead atoms. The van der Waals surface area contributed by atoms with Crippen LogP contribution in [0.15, 0.2) is 54.6 Å². The molecule has 2 aliphatic carbocycles. The van der Waals surface area contributed by atoms with Crippen molar-refractivity contribution in [3.8, 4) is 0 Å². The number of amides is 2. The van der Waals surface area contributed by atoms with Crippen LogP contribution in [0.25, 0.3) is 0 Å². The second-order valence-corrected chi connectivity index (χ2v) is 9.93. The number of carbonyl (C=O) groups excluding carboxylic acids is 2. The lowest BCUT2D eigenvalue weighted by Gasteiger charge is -2.25. The van der Waals surface area contributed by atoms with Gasteiger partial charge in [0.2, 0.25) is 5.91 Å². The molecule has 2 aromatic rings. The first-order valence-electron chi connectivity index (χ1n) is 11.7. The van der Waals surface area contributed by atoms with Crippen molar-refractivity contribution >= 4 is 11.8 Å². The maximum Gasteiger partial charge on any atom is 0.251 e. The summed E-state index contributed by atoms with van der Waals surface area (Å²) in [5.74, 6) is 0.493. The average Bonchev–Trinajstić information content (AvgIpc) is 3.70. The van der Waals surface area contributed by atoms with E-state index in [2.05, 4.69) is 41.5 Å². The van der Waals surface area contributed by atoms with Crippen LogP contribution in [0.3, 0.4) is 0 Å². The molecule has 0 aliphatic heterocycles. The Bertz CT molecular complexity index is 953. The Balaban J connectivity index is 1.33. The van der Waals surface area contributed by atoms with E-state index in [0.717, 1.165) is 24.8 Å². The molecule has 5 heteroatoms. The minimum atomic E-state index is -0.0875. The van der Waals surface area contributed by atoms with Crippen LogP contribution in [0.2, 0.25) is 0 Å². The largest absolute Gasteiger partial charge is 0.354 e. The van der Waals surface area contributed by atoms with Crippen LogP contribution in [0.4, 0.5) is 0 Å². The maximum atomic E-state index is 13.0. The topological polar surface area (TPSA) is 61.4 Å². The lowest BCUT2D eigenvalue weighted by atomic mass is 9.94. The van der Waals surface area contributed by atoms with Crippen LogP contribution in [-0.2, 0) is 16.6 Å². The van der Waals surface area contributed by atoms with Crippen molar-refractivity contribution in [1.29, 1.82) is 0 Å². The highest BCUT2D eigenvalue weighted by Crippen LogP contribution is 2.59. The third kappa shape index (κ3) is 4.73. The molecule has 5 nitrogen and oxygen atoms in total. The summed E-state index contributed by atoms with van der Waals surface area (Å²) in [7, 11) is 4.09. The molecule has 2 aromatic carbocycles. The van der Waals surface area contributed by atoms with Crippen molar-refractivity contribution in [2.45, 2.75) is 50.6 Å². The van der Waals surface area contributed by atoms with Crippen LogP contribution in [0, 0.1) is 11.8 Å². The van der Waals surface area contributed by atoms with Crippen molar-refractivity contribution in [3.05, 3.63) is 71.3 Å². The standard InChI is InChI=1S/C27H35N3O2/c1-18-24(27(18,2)21-8-6-5-7-9-21)26(32)28-17-23(30(3)4)16-19-10-12-20(13-11-19)25(31)29-22-14-15-22/h5-13,18,22-24H,14-17H2,1-4H3,(H,28,32)(H,29,31)/t18?,23-,24?,27+/m0/s1. The second kappa shape index (κ2) is 9.07. The highest BCUT2D eigenvalue weighted by molar-refractivity contribution is 5.94. The fourth-order valence-electron chi connectivity index (χ4n) is 4.79. The molecular formula is C27H35N3O2. The molecule has 2 N–H and O–H groups in total. The maximum absolute atomic E-state index is 13.0. The first-order chi connectivity index (χ1) is 15.3. The molecular weight excluding hydrogens is 398 g/mol. The van der Waals surface area contributed by atoms with Crippen molar-refractivity contribution < 1.29 is 9.59 Å². The normalized spacial score (nSPS) is 25.3. The Morgan fingerprint density at radius 1 is 1.06 bits per heavy atom. The van der Waals surface area contributed by atoms with E-state index in [1.54, 1.807) is 0 Å². The first-order valence-corrected chi connectivity index (χ1v) is 11.7. The van der Waals surface area contributed by atoms with Crippen LogP contribution in [0.5, 0.6) is 0 Å². The fraction of sp³-hybridized carbons (Fsp3) is 0.481. The SMILES string of the molecule is CC1C(C(=O)NC[C@H](Cc2ccc(C(=O)NC3CC3)cc2)N(C)C)[C@@]1(C)c1ccccc1. The molecule has 0 heterocycles. The summed E-state index contributed by atoms with van der Waals surface area (Å²) in [5, 5.41) is 6.24. The van der Waals surface area contributed by atoms with Crippen molar-refractivity contribution in [3.63, 3.8) is 0 Å². The number of nitrogens with zero attached hydrogens (tertiary/aromatic N) is 1. The van der Waals surface area contributed by atoms with Gasteiger partial charge in [0, 0.05) is 29.6 Å². The van der Waals surface area contributed by atoms with Gasteiger partial charge < -0.3 is 15.5 Å². The van der Waals surface area contributed by atoms with E-state index >= 15 is 0 Å². The molecule has 4 atom stereocenters. The highest BCUT2D eigenvalue weighted by atomic mass is 16.2. The van der Waals surface area contributed by atoms with E-state index in [4.69, 9.17) is 0 Å². The van der Waals surface area contributed by atoms with E-state index in [-0.39, 0.29) is 29.2 Å². The third-order valence-electron chi connectivity index (χ3n) is 7.50. The molecule has 2 unspecified atom stereocenters. The summed E-state index contributed by atoms with van der Waals surface area (Å²) >= 11 is 0. The van der Waals surface area contributed by atoms with Gasteiger partial charge >= 0.3 is 0 Å². The van der Waals surface area contributed by atoms with Crippen LogP contribution in [-0.4, -0.2) is 49.4 Å². The summed E-state index contributed by atoms with van der Waals surface area (Å²) in [4.78, 5) is 27.4. The predicted molar refractivity (Wildman–Crippen MR) is 128 cm³/mol. The first kappa shape index (κ1) is 22.5. The summed E-state index contributed by atoms with van der Waals surface area (Å²) in [6, 6.07) is 18.7. The fourth-order valence-corrected chi connectivity index (χ4v) is 4.79. The van der Waals surface area contributed by atoms with Crippen LogP contribution < -0.4 is 10.6 Å². The predicted octanol–water partition coefficient (Wildman–Crippen LogP) is 3.39. The lowest BCUT2D eigenvalue weighted by molar-refractivity contribution is -0.123. The van der Waals surface area contributed by atoms with Gasteiger partial charge in [-0.25, -0.2) is 0 Å². The minimum Gasteiger partial charge on any atom is -0.354 e. The van der Waals surface area contributed by atoms with Gasteiger partial charge in [-0.05, 0) is 62.5 Å². The van der Waals surface area contributed by atoms with Crippen molar-refractivity contribution in [2.75, 3.05) is 20.6 Å². The number of hydrogen-bond acceptors (Lipinski definition) is 3. The number of benzene rings is 2. The zero-order chi connectivity index (χ0) is 22.9. The number of nitrogens with one attached hydrogen (secondary N) is 2. The second-order valence-electron chi connectivity index (χ2n) is 9.93. The molecule has 4 rings (SSSR count). The monoisotopic (exact) mass is 433 g/mol. The summed E-state index contributed by atoms with van der Waals surface area (Å²) < 4.78 is 0. The molecule has 0 radical (unpaired) electrons. The van der Waals surface area contributed by atoms with Crippen molar-refractivity contribution in [1.82, 2.24) is 15.5 Å². The Morgan fingerprint density at radius 3 is 2.31 bits per heavy atom. The van der Waals surface area contributed by atoms with E-state index < -0.39 is 0 Å². The van der Waals surface area contributed by atoms with Gasteiger partial charge in [0.05, 0.1) is 5.92 Å². The zero-order valence-electron chi connectivity index (χ0n) is 19.6. The van der Waals surface area contributed by atoms with Gasteiger partial charge in [0.1, 0.15) is 0 Å². The Kier molecular flexibility index (Phi) is 6.38. The molecule has 2 aliphatic rings. The van der Waals surface area contributed by atoms with Gasteiger partial charge in [-0.15, -0.1) is 0 Å². The minimum absolute atomic E-state index is 0.00971. The quantitative estimate of drug-likeness (QED) is 0.637. The zero-order valence-corrected chi connectivity index (χ0v) is 19.6. The Labute approximate surface area is 191 Å². The number of carbonyl (C=O) groups is 2. The van der Waals surface area contributed by atoms with Crippen LogP contribution >= 0.6 is 0 Å². The number of hydrogen-bond donors (Lipinski definition) is 2. The molecule has 0 aromatic heterocycles. The molecule has 32 heavy (non-hydrogen) atoms. The number of rotatable bonds is 9. The van der Waals surface area contributed by atoms with Gasteiger partial charge in [-0.1, -0.05) is 56.3 Å². The van der Waals surface area contributed by atoms with Crippen LogP contribution in [0.1, 0.15) is 48.2 Å². The van der Waals surface area contributed by atoms with Gasteiger partial charge in [0.15, 0.2) is 0 Å². The van der Waals surface area contributed by atoms with E-state index in [9.17, 15) is 9.59 Å². The summed E-state index contributed by atoms with van der Waals surface area (Å²) in [6.07, 6.45) is 2.99. The van der Waals surface area contributed by atoms with Gasteiger partial charge in [-0.2, -0.15) is 0 Å².